The lowest BCUT2D eigenvalue weighted by atomic mass is 10.2. The second-order valence-corrected chi connectivity index (χ2v) is 8.19. The topological polar surface area (TPSA) is 66.5 Å². The lowest BCUT2D eigenvalue weighted by Crippen LogP contribution is -2.23. The van der Waals surface area contributed by atoms with Gasteiger partial charge in [-0.2, -0.15) is 13.2 Å². The Labute approximate surface area is 190 Å². The van der Waals surface area contributed by atoms with Crippen LogP contribution in [0.3, 0.4) is 0 Å². The number of hydrogen-bond donors (Lipinski definition) is 2. The predicted octanol–water partition coefficient (Wildman–Crippen LogP) is 6.55. The van der Waals surface area contributed by atoms with E-state index < -0.39 is 22.8 Å². The molecule has 0 radical (unpaired) electrons. The van der Waals surface area contributed by atoms with Gasteiger partial charge in [-0.3, -0.25) is 0 Å². The number of hydrogen-bond acceptors (Lipinski definition) is 5. The molecular formula is C21H16ClF3N4O2S. The van der Waals surface area contributed by atoms with Crippen LogP contribution in [0, 0.1) is 6.92 Å². The van der Waals surface area contributed by atoms with Crippen molar-refractivity contribution in [3.8, 4) is 5.75 Å². The molecule has 1 aromatic heterocycles. The van der Waals surface area contributed by atoms with Crippen LogP contribution in [0.15, 0.2) is 48.8 Å². The number of nitrogens with one attached hydrogen (secondary N) is 2. The monoisotopic (exact) mass is 480 g/mol. The zero-order chi connectivity index (χ0) is 22.9. The fourth-order valence-electron chi connectivity index (χ4n) is 3.03. The van der Waals surface area contributed by atoms with E-state index in [9.17, 15) is 18.0 Å². The second kappa shape index (κ2) is 8.71. The largest absolute Gasteiger partial charge is 0.417 e. The second-order valence-electron chi connectivity index (χ2n) is 6.95. The number of anilines is 2. The Balaban J connectivity index is 1.39. The Bertz CT molecular complexity index is 1200. The van der Waals surface area contributed by atoms with Gasteiger partial charge in [0.1, 0.15) is 0 Å². The van der Waals surface area contributed by atoms with Crippen LogP contribution in [0.5, 0.6) is 5.75 Å². The summed E-state index contributed by atoms with van der Waals surface area (Å²) in [5.74, 6) is 0.597. The number of aromatic nitrogens is 1. The van der Waals surface area contributed by atoms with Gasteiger partial charge in [-0.25, -0.2) is 14.2 Å². The number of halogens is 4. The molecule has 1 aliphatic rings. The summed E-state index contributed by atoms with van der Waals surface area (Å²) in [6.45, 7) is 2.38. The Hall–Kier alpha value is -3.24. The summed E-state index contributed by atoms with van der Waals surface area (Å²) >= 11 is 7.02. The van der Waals surface area contributed by atoms with E-state index in [-0.39, 0.29) is 5.69 Å². The molecule has 0 saturated carbocycles. The average Bonchev–Trinajstić information content (AvgIpc) is 3.18. The first-order valence-corrected chi connectivity index (χ1v) is 10.5. The third-order valence-corrected chi connectivity index (χ3v) is 5.71. The minimum absolute atomic E-state index is 0.0323. The Morgan fingerprint density at radius 2 is 1.91 bits per heavy atom. The van der Waals surface area contributed by atoms with Crippen LogP contribution in [0.1, 0.15) is 21.6 Å². The van der Waals surface area contributed by atoms with Gasteiger partial charge in [-0.05, 0) is 66.5 Å². The molecule has 0 atom stereocenters. The smallest absolute Gasteiger partial charge is 0.380 e. The van der Waals surface area contributed by atoms with E-state index in [1.165, 1.54) is 17.6 Å². The lowest BCUT2D eigenvalue weighted by Gasteiger charge is -2.24. The van der Waals surface area contributed by atoms with Crippen molar-refractivity contribution in [2.45, 2.75) is 19.6 Å². The Kier molecular flexibility index (Phi) is 5.98. The van der Waals surface area contributed by atoms with Crippen molar-refractivity contribution in [3.63, 3.8) is 0 Å². The number of fused-ring (bicyclic) bond motifs is 1. The number of carbonyl (C=O) groups excluding carboxylic acids is 1. The fourth-order valence-corrected chi connectivity index (χ4v) is 3.90. The van der Waals surface area contributed by atoms with E-state index in [1.54, 1.807) is 29.5 Å². The average molecular weight is 481 g/mol. The SMILES string of the molecule is Cc1cc(NC(=O)Nc2ccc(Cl)c(C(F)(F)F)c2)ccc1ON1C=Cc2sncc2C1. The van der Waals surface area contributed by atoms with E-state index in [1.807, 2.05) is 19.2 Å². The van der Waals surface area contributed by atoms with Gasteiger partial charge < -0.3 is 15.5 Å². The molecule has 166 valence electrons. The van der Waals surface area contributed by atoms with Crippen molar-refractivity contribution < 1.29 is 22.8 Å². The summed E-state index contributed by atoms with van der Waals surface area (Å²) in [7, 11) is 0. The highest BCUT2D eigenvalue weighted by molar-refractivity contribution is 7.06. The number of carbonyl (C=O) groups is 1. The number of aryl methyl sites for hydroxylation is 1. The van der Waals surface area contributed by atoms with Gasteiger partial charge in [0.2, 0.25) is 0 Å². The van der Waals surface area contributed by atoms with Crippen LogP contribution in [-0.2, 0) is 12.7 Å². The maximum absolute atomic E-state index is 13.0. The molecule has 4 rings (SSSR count). The zero-order valence-corrected chi connectivity index (χ0v) is 18.1. The number of nitrogens with zero attached hydrogens (tertiary/aromatic N) is 2. The summed E-state index contributed by atoms with van der Waals surface area (Å²) in [6, 6.07) is 7.50. The zero-order valence-electron chi connectivity index (χ0n) is 16.5. The van der Waals surface area contributed by atoms with Gasteiger partial charge in [0.25, 0.3) is 0 Å². The fraction of sp³-hybridized carbons (Fsp3) is 0.143. The molecule has 0 unspecified atom stereocenters. The van der Waals surface area contributed by atoms with Crippen LogP contribution in [0.2, 0.25) is 5.02 Å². The van der Waals surface area contributed by atoms with E-state index in [0.717, 1.165) is 28.1 Å². The third-order valence-electron chi connectivity index (χ3n) is 4.57. The molecule has 6 nitrogen and oxygen atoms in total. The van der Waals surface area contributed by atoms with Gasteiger partial charge in [-0.1, -0.05) is 11.6 Å². The summed E-state index contributed by atoms with van der Waals surface area (Å²) in [5.41, 5.74) is 1.23. The van der Waals surface area contributed by atoms with Gasteiger partial charge >= 0.3 is 12.2 Å². The van der Waals surface area contributed by atoms with Crippen LogP contribution in [0.4, 0.5) is 29.3 Å². The van der Waals surface area contributed by atoms with Gasteiger partial charge in [0.05, 0.1) is 22.0 Å². The number of hydroxylamine groups is 2. The first-order chi connectivity index (χ1) is 15.2. The molecule has 2 N–H and O–H groups in total. The molecule has 11 heteroatoms. The standard InChI is InChI=1S/C21H16ClF3N4O2S/c1-12-8-14(3-5-18(12)31-29-7-6-19-13(11-29)10-26-32-19)27-20(30)28-15-2-4-17(22)16(9-15)21(23,24)25/h2-10H,11H2,1H3,(H2,27,28,30). The minimum Gasteiger partial charge on any atom is -0.380 e. The highest BCUT2D eigenvalue weighted by Gasteiger charge is 2.33. The maximum Gasteiger partial charge on any atom is 0.417 e. The molecule has 2 aromatic carbocycles. The normalized spacial score (nSPS) is 13.0. The highest BCUT2D eigenvalue weighted by atomic mass is 35.5. The number of urea groups is 1. The number of benzene rings is 2. The van der Waals surface area contributed by atoms with Crippen LogP contribution in [-0.4, -0.2) is 15.5 Å². The maximum atomic E-state index is 13.0. The lowest BCUT2D eigenvalue weighted by molar-refractivity contribution is -0.137. The Morgan fingerprint density at radius 1 is 1.19 bits per heavy atom. The predicted molar refractivity (Wildman–Crippen MR) is 118 cm³/mol. The third kappa shape index (κ3) is 4.97. The van der Waals surface area contributed by atoms with E-state index in [0.29, 0.717) is 18.0 Å². The first kappa shape index (κ1) is 22.0. The van der Waals surface area contributed by atoms with Gasteiger partial charge in [0.15, 0.2) is 5.75 Å². The molecule has 3 aromatic rings. The van der Waals surface area contributed by atoms with Gasteiger partial charge in [0, 0.05) is 29.3 Å². The Morgan fingerprint density at radius 3 is 2.62 bits per heavy atom. The van der Waals surface area contributed by atoms with Crippen molar-refractivity contribution in [1.29, 1.82) is 0 Å². The van der Waals surface area contributed by atoms with Gasteiger partial charge in [-0.15, -0.1) is 0 Å². The summed E-state index contributed by atoms with van der Waals surface area (Å²) in [5, 5.41) is 6.20. The van der Waals surface area contributed by atoms with Crippen LogP contribution < -0.4 is 15.5 Å². The minimum atomic E-state index is -4.62. The summed E-state index contributed by atoms with van der Waals surface area (Å²) in [4.78, 5) is 19.2. The summed E-state index contributed by atoms with van der Waals surface area (Å²) in [6.07, 6.45) is 0.924. The molecule has 32 heavy (non-hydrogen) atoms. The molecule has 0 saturated heterocycles. The van der Waals surface area contributed by atoms with Crippen molar-refractivity contribution in [2.75, 3.05) is 10.6 Å². The molecule has 2 heterocycles. The number of amides is 2. The molecule has 2 amide bonds. The van der Waals surface area contributed by atoms with E-state index in [4.69, 9.17) is 16.4 Å². The van der Waals surface area contributed by atoms with Crippen molar-refractivity contribution in [2.24, 2.45) is 0 Å². The molecular weight excluding hydrogens is 465 g/mol. The van der Waals surface area contributed by atoms with E-state index in [2.05, 4.69) is 15.0 Å². The first-order valence-electron chi connectivity index (χ1n) is 9.31. The quantitative estimate of drug-likeness (QED) is 0.444. The van der Waals surface area contributed by atoms with Crippen LogP contribution in [0.25, 0.3) is 6.08 Å². The number of rotatable bonds is 4. The van der Waals surface area contributed by atoms with Crippen molar-refractivity contribution in [1.82, 2.24) is 9.44 Å². The van der Waals surface area contributed by atoms with Crippen LogP contribution >= 0.6 is 23.1 Å². The highest BCUT2D eigenvalue weighted by Crippen LogP contribution is 2.36. The van der Waals surface area contributed by atoms with Crippen molar-refractivity contribution in [3.05, 3.63) is 75.4 Å². The van der Waals surface area contributed by atoms with Crippen molar-refractivity contribution >= 4 is 46.6 Å². The molecule has 0 spiro atoms. The molecule has 0 aliphatic carbocycles. The molecule has 0 bridgehead atoms. The van der Waals surface area contributed by atoms with E-state index >= 15 is 0 Å². The molecule has 0 fully saturated rings. The number of alkyl halides is 3. The summed E-state index contributed by atoms with van der Waals surface area (Å²) < 4.78 is 43.1. The molecule has 1 aliphatic heterocycles.